The molecule has 2 N–H and O–H groups in total. The standard InChI is InChI=1S/C9H9ClN4/c10-8-7(6-11)2-4-12-9(8)14-5-1-3-13-14/h1-5H,6,11H2. The molecule has 0 aliphatic heterocycles. The topological polar surface area (TPSA) is 56.7 Å². The average Bonchev–Trinajstić information content (AvgIpc) is 2.71. The lowest BCUT2D eigenvalue weighted by atomic mass is 10.2. The Labute approximate surface area is 86.3 Å². The molecule has 14 heavy (non-hydrogen) atoms. The molecule has 0 spiro atoms. The Morgan fingerprint density at radius 1 is 1.43 bits per heavy atom. The lowest BCUT2D eigenvalue weighted by molar-refractivity contribution is 0.842. The van der Waals surface area contributed by atoms with Crippen LogP contribution in [0.5, 0.6) is 0 Å². The minimum absolute atomic E-state index is 0.398. The van der Waals surface area contributed by atoms with Crippen molar-refractivity contribution in [2.24, 2.45) is 5.73 Å². The largest absolute Gasteiger partial charge is 0.326 e. The second kappa shape index (κ2) is 3.77. The van der Waals surface area contributed by atoms with Crippen LogP contribution in [0.2, 0.25) is 5.02 Å². The molecule has 72 valence electrons. The summed E-state index contributed by atoms with van der Waals surface area (Å²) in [5.41, 5.74) is 6.40. The van der Waals surface area contributed by atoms with Crippen molar-refractivity contribution in [2.45, 2.75) is 6.54 Å². The first kappa shape index (κ1) is 9.18. The van der Waals surface area contributed by atoms with Crippen molar-refractivity contribution in [3.8, 4) is 5.82 Å². The van der Waals surface area contributed by atoms with Crippen LogP contribution in [0.4, 0.5) is 0 Å². The molecule has 0 atom stereocenters. The molecule has 0 fully saturated rings. The van der Waals surface area contributed by atoms with Crippen LogP contribution in [-0.4, -0.2) is 14.8 Å². The Bertz CT molecular complexity index is 424. The van der Waals surface area contributed by atoms with Gasteiger partial charge in [-0.15, -0.1) is 0 Å². The van der Waals surface area contributed by atoms with E-state index in [9.17, 15) is 0 Å². The third-order valence-corrected chi connectivity index (χ3v) is 2.30. The Balaban J connectivity index is 2.54. The first-order valence-electron chi connectivity index (χ1n) is 4.16. The van der Waals surface area contributed by atoms with E-state index in [2.05, 4.69) is 10.1 Å². The Morgan fingerprint density at radius 2 is 2.29 bits per heavy atom. The SMILES string of the molecule is NCc1ccnc(-n2cccn2)c1Cl. The van der Waals surface area contributed by atoms with E-state index >= 15 is 0 Å². The van der Waals surface area contributed by atoms with Crippen LogP contribution in [0.1, 0.15) is 5.56 Å². The number of halogens is 1. The monoisotopic (exact) mass is 208 g/mol. The van der Waals surface area contributed by atoms with Gasteiger partial charge in [-0.2, -0.15) is 5.10 Å². The predicted octanol–water partition coefficient (Wildman–Crippen LogP) is 1.38. The van der Waals surface area contributed by atoms with Gasteiger partial charge >= 0.3 is 0 Å². The summed E-state index contributed by atoms with van der Waals surface area (Å²) in [6.07, 6.45) is 5.13. The third-order valence-electron chi connectivity index (χ3n) is 1.89. The van der Waals surface area contributed by atoms with Gasteiger partial charge in [0.2, 0.25) is 0 Å². The van der Waals surface area contributed by atoms with Crippen LogP contribution in [-0.2, 0) is 6.54 Å². The van der Waals surface area contributed by atoms with E-state index in [0.29, 0.717) is 17.4 Å². The smallest absolute Gasteiger partial charge is 0.172 e. The molecule has 2 aromatic rings. The van der Waals surface area contributed by atoms with Crippen molar-refractivity contribution in [1.29, 1.82) is 0 Å². The highest BCUT2D eigenvalue weighted by molar-refractivity contribution is 6.32. The van der Waals surface area contributed by atoms with Crippen molar-refractivity contribution in [1.82, 2.24) is 14.8 Å². The fourth-order valence-electron chi connectivity index (χ4n) is 1.18. The van der Waals surface area contributed by atoms with Crippen molar-refractivity contribution >= 4 is 11.6 Å². The van der Waals surface area contributed by atoms with Gasteiger partial charge < -0.3 is 5.73 Å². The van der Waals surface area contributed by atoms with Crippen molar-refractivity contribution < 1.29 is 0 Å². The summed E-state index contributed by atoms with van der Waals surface area (Å²) in [4.78, 5) is 4.14. The van der Waals surface area contributed by atoms with Gasteiger partial charge in [0.15, 0.2) is 5.82 Å². The summed E-state index contributed by atoms with van der Waals surface area (Å²) in [5.74, 6) is 0.611. The maximum Gasteiger partial charge on any atom is 0.172 e. The second-order valence-corrected chi connectivity index (χ2v) is 3.14. The van der Waals surface area contributed by atoms with Crippen molar-refractivity contribution in [3.63, 3.8) is 0 Å². The zero-order valence-electron chi connectivity index (χ0n) is 7.39. The van der Waals surface area contributed by atoms with Crippen LogP contribution in [0.25, 0.3) is 5.82 Å². The molecule has 0 radical (unpaired) electrons. The molecule has 0 saturated heterocycles. The molecular formula is C9H9ClN4. The van der Waals surface area contributed by atoms with Gasteiger partial charge in [-0.1, -0.05) is 11.6 Å². The van der Waals surface area contributed by atoms with E-state index in [1.54, 1.807) is 29.3 Å². The highest BCUT2D eigenvalue weighted by Crippen LogP contribution is 2.21. The molecule has 0 aliphatic rings. The third kappa shape index (κ3) is 1.49. The molecule has 0 aliphatic carbocycles. The molecule has 0 saturated carbocycles. The van der Waals surface area contributed by atoms with Crippen LogP contribution in [0.15, 0.2) is 30.7 Å². The lowest BCUT2D eigenvalue weighted by Crippen LogP contribution is -2.04. The van der Waals surface area contributed by atoms with Crippen LogP contribution >= 0.6 is 11.6 Å². The van der Waals surface area contributed by atoms with Crippen LogP contribution in [0.3, 0.4) is 0 Å². The van der Waals surface area contributed by atoms with Crippen molar-refractivity contribution in [3.05, 3.63) is 41.3 Å². The average molecular weight is 209 g/mol. The molecule has 2 aromatic heterocycles. The molecule has 2 rings (SSSR count). The number of nitrogens with two attached hydrogens (primary N) is 1. The Morgan fingerprint density at radius 3 is 2.93 bits per heavy atom. The minimum atomic E-state index is 0.398. The summed E-state index contributed by atoms with van der Waals surface area (Å²) in [6.45, 7) is 0.398. The number of rotatable bonds is 2. The zero-order chi connectivity index (χ0) is 9.97. The van der Waals surface area contributed by atoms with Crippen LogP contribution < -0.4 is 5.73 Å². The first-order valence-corrected chi connectivity index (χ1v) is 4.54. The molecule has 4 nitrogen and oxygen atoms in total. The molecule has 0 amide bonds. The summed E-state index contributed by atoms with van der Waals surface area (Å²) >= 11 is 6.10. The summed E-state index contributed by atoms with van der Waals surface area (Å²) in [6, 6.07) is 3.61. The van der Waals surface area contributed by atoms with Gasteiger partial charge in [-0.05, 0) is 17.7 Å². The summed E-state index contributed by atoms with van der Waals surface area (Å²) < 4.78 is 1.61. The molecule has 0 bridgehead atoms. The van der Waals surface area contributed by atoms with Gasteiger partial charge in [0.25, 0.3) is 0 Å². The fraction of sp³-hybridized carbons (Fsp3) is 0.111. The summed E-state index contributed by atoms with van der Waals surface area (Å²) in [7, 11) is 0. The van der Waals surface area contributed by atoms with Crippen LogP contribution in [0, 0.1) is 0 Å². The van der Waals surface area contributed by atoms with E-state index in [1.165, 1.54) is 0 Å². The normalized spacial score (nSPS) is 10.4. The van der Waals surface area contributed by atoms with Crippen molar-refractivity contribution in [2.75, 3.05) is 0 Å². The number of hydrogen-bond donors (Lipinski definition) is 1. The summed E-state index contributed by atoms with van der Waals surface area (Å²) in [5, 5.41) is 4.61. The lowest BCUT2D eigenvalue weighted by Gasteiger charge is -2.06. The van der Waals surface area contributed by atoms with Gasteiger partial charge in [0, 0.05) is 25.1 Å². The molecule has 0 unspecified atom stereocenters. The highest BCUT2D eigenvalue weighted by Gasteiger charge is 2.07. The number of nitrogens with zero attached hydrogens (tertiary/aromatic N) is 3. The fourth-order valence-corrected chi connectivity index (χ4v) is 1.46. The molecular weight excluding hydrogens is 200 g/mol. The van der Waals surface area contributed by atoms with E-state index in [1.807, 2.05) is 6.07 Å². The van der Waals surface area contributed by atoms with E-state index in [0.717, 1.165) is 5.56 Å². The molecule has 5 heteroatoms. The Hall–Kier alpha value is -1.39. The molecule has 2 heterocycles. The first-order chi connectivity index (χ1) is 6.83. The van der Waals surface area contributed by atoms with Gasteiger partial charge in [-0.3, -0.25) is 0 Å². The Kier molecular flexibility index (Phi) is 2.47. The van der Waals surface area contributed by atoms with Gasteiger partial charge in [-0.25, -0.2) is 9.67 Å². The van der Waals surface area contributed by atoms with Gasteiger partial charge in [0.05, 0.1) is 5.02 Å². The quantitative estimate of drug-likeness (QED) is 0.811. The maximum absolute atomic E-state index is 6.10. The number of hydrogen-bond acceptors (Lipinski definition) is 3. The number of pyridine rings is 1. The van der Waals surface area contributed by atoms with E-state index in [-0.39, 0.29) is 0 Å². The molecule has 0 aromatic carbocycles. The zero-order valence-corrected chi connectivity index (χ0v) is 8.15. The van der Waals surface area contributed by atoms with E-state index in [4.69, 9.17) is 17.3 Å². The highest BCUT2D eigenvalue weighted by atomic mass is 35.5. The minimum Gasteiger partial charge on any atom is -0.326 e. The van der Waals surface area contributed by atoms with Gasteiger partial charge in [0.1, 0.15) is 0 Å². The second-order valence-electron chi connectivity index (χ2n) is 2.76. The number of aromatic nitrogens is 3. The van der Waals surface area contributed by atoms with E-state index < -0.39 is 0 Å². The predicted molar refractivity (Wildman–Crippen MR) is 54.3 cm³/mol. The maximum atomic E-state index is 6.10.